The maximum atomic E-state index is 5.66. The Morgan fingerprint density at radius 1 is 1.12 bits per heavy atom. The molecule has 1 aromatic carbocycles. The van der Waals surface area contributed by atoms with Gasteiger partial charge in [0.1, 0.15) is 5.75 Å². The molecule has 2 N–H and O–H groups in total. The molecular formula is C15H23NO. The van der Waals surface area contributed by atoms with Crippen LogP contribution in [0.2, 0.25) is 0 Å². The van der Waals surface area contributed by atoms with Gasteiger partial charge in [0.2, 0.25) is 0 Å². The Morgan fingerprint density at radius 3 is 2.53 bits per heavy atom. The van der Waals surface area contributed by atoms with Gasteiger partial charge in [0.05, 0.1) is 6.61 Å². The molecule has 0 aliphatic carbocycles. The molecule has 0 atom stereocenters. The van der Waals surface area contributed by atoms with E-state index in [0.29, 0.717) is 6.54 Å². The molecule has 0 heterocycles. The Hall–Kier alpha value is -1.28. The Labute approximate surface area is 104 Å². The summed E-state index contributed by atoms with van der Waals surface area (Å²) in [6, 6.07) is 8.21. The summed E-state index contributed by atoms with van der Waals surface area (Å²) in [7, 11) is 0. The number of benzene rings is 1. The zero-order valence-corrected chi connectivity index (χ0v) is 10.5. The molecule has 2 heteroatoms. The van der Waals surface area contributed by atoms with Gasteiger partial charge in [-0.15, -0.1) is 6.58 Å². The van der Waals surface area contributed by atoms with Gasteiger partial charge < -0.3 is 10.5 Å². The van der Waals surface area contributed by atoms with E-state index in [-0.39, 0.29) is 0 Å². The Bertz CT molecular complexity index is 305. The minimum Gasteiger partial charge on any atom is -0.494 e. The summed E-state index contributed by atoms with van der Waals surface area (Å²) in [5, 5.41) is 0. The van der Waals surface area contributed by atoms with E-state index in [2.05, 4.69) is 18.7 Å². The first-order valence-corrected chi connectivity index (χ1v) is 6.39. The van der Waals surface area contributed by atoms with Crippen molar-refractivity contribution in [2.45, 2.75) is 32.1 Å². The fourth-order valence-electron chi connectivity index (χ4n) is 1.68. The lowest BCUT2D eigenvalue weighted by molar-refractivity contribution is 0.305. The van der Waals surface area contributed by atoms with Gasteiger partial charge in [0.25, 0.3) is 0 Å². The first-order valence-electron chi connectivity index (χ1n) is 6.39. The normalized spacial score (nSPS) is 10.2. The van der Waals surface area contributed by atoms with Crippen molar-refractivity contribution < 1.29 is 4.74 Å². The first-order chi connectivity index (χ1) is 8.36. The van der Waals surface area contributed by atoms with Gasteiger partial charge in [-0.2, -0.15) is 0 Å². The van der Waals surface area contributed by atoms with Crippen molar-refractivity contribution in [1.82, 2.24) is 0 Å². The highest BCUT2D eigenvalue weighted by molar-refractivity contribution is 5.27. The molecule has 1 aromatic rings. The zero-order valence-electron chi connectivity index (χ0n) is 10.5. The van der Waals surface area contributed by atoms with Crippen molar-refractivity contribution >= 4 is 0 Å². The minimum absolute atomic E-state index is 0.698. The van der Waals surface area contributed by atoms with Crippen LogP contribution in [0.4, 0.5) is 0 Å². The van der Waals surface area contributed by atoms with Crippen molar-refractivity contribution in [1.29, 1.82) is 0 Å². The van der Waals surface area contributed by atoms with E-state index >= 15 is 0 Å². The second-order valence-corrected chi connectivity index (χ2v) is 4.17. The topological polar surface area (TPSA) is 35.2 Å². The summed E-state index contributed by atoms with van der Waals surface area (Å²) in [5.41, 5.74) is 6.77. The molecule has 0 aliphatic rings. The second kappa shape index (κ2) is 8.82. The number of nitrogens with two attached hydrogens (primary N) is 1. The predicted molar refractivity (Wildman–Crippen MR) is 73.4 cm³/mol. The van der Waals surface area contributed by atoms with E-state index in [4.69, 9.17) is 10.5 Å². The average molecular weight is 233 g/mol. The van der Waals surface area contributed by atoms with Crippen LogP contribution < -0.4 is 10.5 Å². The highest BCUT2D eigenvalue weighted by Gasteiger charge is 1.95. The van der Waals surface area contributed by atoms with Crippen molar-refractivity contribution in [2.75, 3.05) is 13.2 Å². The van der Waals surface area contributed by atoms with Crippen molar-refractivity contribution in [2.24, 2.45) is 5.73 Å². The largest absolute Gasteiger partial charge is 0.494 e. The molecule has 2 nitrogen and oxygen atoms in total. The smallest absolute Gasteiger partial charge is 0.119 e. The summed E-state index contributed by atoms with van der Waals surface area (Å²) in [4.78, 5) is 0. The van der Waals surface area contributed by atoms with Crippen LogP contribution in [-0.4, -0.2) is 13.2 Å². The van der Waals surface area contributed by atoms with Gasteiger partial charge in [0, 0.05) is 0 Å². The molecule has 0 aromatic heterocycles. The molecule has 0 spiro atoms. The Kier molecular flexibility index (Phi) is 7.15. The number of hydrogen-bond donors (Lipinski definition) is 1. The molecule has 1 rings (SSSR count). The third-order valence-electron chi connectivity index (χ3n) is 2.68. The van der Waals surface area contributed by atoms with Crippen molar-refractivity contribution in [3.05, 3.63) is 42.5 Å². The Balaban J connectivity index is 2.16. The molecular weight excluding hydrogens is 210 g/mol. The highest BCUT2D eigenvalue weighted by atomic mass is 16.5. The SMILES string of the molecule is C=CCCCCCOc1ccc(CCN)cc1. The highest BCUT2D eigenvalue weighted by Crippen LogP contribution is 2.13. The van der Waals surface area contributed by atoms with E-state index < -0.39 is 0 Å². The van der Waals surface area contributed by atoms with Crippen LogP contribution in [0.15, 0.2) is 36.9 Å². The maximum absolute atomic E-state index is 5.66. The molecule has 0 saturated heterocycles. The van der Waals surface area contributed by atoms with Gasteiger partial charge in [0.15, 0.2) is 0 Å². The number of unbranched alkanes of at least 4 members (excludes halogenated alkanes) is 3. The van der Waals surface area contributed by atoms with Gasteiger partial charge in [-0.05, 0) is 56.3 Å². The van der Waals surface area contributed by atoms with Gasteiger partial charge in [-0.3, -0.25) is 0 Å². The van der Waals surface area contributed by atoms with Gasteiger partial charge >= 0.3 is 0 Å². The maximum Gasteiger partial charge on any atom is 0.119 e. The molecule has 0 fully saturated rings. The van der Waals surface area contributed by atoms with Crippen LogP contribution in [-0.2, 0) is 6.42 Å². The third-order valence-corrected chi connectivity index (χ3v) is 2.68. The van der Waals surface area contributed by atoms with Crippen molar-refractivity contribution in [3.63, 3.8) is 0 Å². The quantitative estimate of drug-likeness (QED) is 0.524. The summed E-state index contributed by atoms with van der Waals surface area (Å²) < 4.78 is 5.66. The molecule has 0 saturated carbocycles. The lowest BCUT2D eigenvalue weighted by Crippen LogP contribution is -2.02. The van der Waals surface area contributed by atoms with Crippen LogP contribution >= 0.6 is 0 Å². The number of hydrogen-bond acceptors (Lipinski definition) is 2. The fraction of sp³-hybridized carbons (Fsp3) is 0.467. The van der Waals surface area contributed by atoms with Gasteiger partial charge in [-0.25, -0.2) is 0 Å². The van der Waals surface area contributed by atoms with E-state index in [9.17, 15) is 0 Å². The van der Waals surface area contributed by atoms with Crippen LogP contribution in [0, 0.1) is 0 Å². The fourth-order valence-corrected chi connectivity index (χ4v) is 1.68. The summed E-state index contributed by atoms with van der Waals surface area (Å²) in [6.07, 6.45) is 7.53. The summed E-state index contributed by atoms with van der Waals surface area (Å²) >= 11 is 0. The van der Waals surface area contributed by atoms with E-state index in [1.54, 1.807) is 0 Å². The molecule has 0 unspecified atom stereocenters. The molecule has 94 valence electrons. The molecule has 17 heavy (non-hydrogen) atoms. The number of allylic oxidation sites excluding steroid dienone is 1. The van der Waals surface area contributed by atoms with Crippen LogP contribution in [0.3, 0.4) is 0 Å². The number of rotatable bonds is 9. The predicted octanol–water partition coefficient (Wildman–Crippen LogP) is 3.31. The standard InChI is InChI=1S/C15H23NO/c1-2-3-4-5-6-13-17-15-9-7-14(8-10-15)11-12-16/h2,7-10H,1,3-6,11-13,16H2. The van der Waals surface area contributed by atoms with Crippen molar-refractivity contribution in [3.8, 4) is 5.75 Å². The molecule has 0 aliphatic heterocycles. The lowest BCUT2D eigenvalue weighted by Gasteiger charge is -2.06. The average Bonchev–Trinajstić information content (AvgIpc) is 2.36. The van der Waals surface area contributed by atoms with Crippen LogP contribution in [0.1, 0.15) is 31.2 Å². The molecule has 0 bridgehead atoms. The monoisotopic (exact) mass is 233 g/mol. The van der Waals surface area contributed by atoms with Crippen LogP contribution in [0.5, 0.6) is 5.75 Å². The zero-order chi connectivity index (χ0) is 12.3. The van der Waals surface area contributed by atoms with Gasteiger partial charge in [-0.1, -0.05) is 18.2 Å². The first kappa shape index (κ1) is 13.8. The number of ether oxygens (including phenoxy) is 1. The summed E-state index contributed by atoms with van der Waals surface area (Å²) in [6.45, 7) is 5.21. The lowest BCUT2D eigenvalue weighted by atomic mass is 10.1. The van der Waals surface area contributed by atoms with E-state index in [1.165, 1.54) is 18.4 Å². The van der Waals surface area contributed by atoms with E-state index in [1.807, 2.05) is 18.2 Å². The van der Waals surface area contributed by atoms with E-state index in [0.717, 1.165) is 31.6 Å². The second-order valence-electron chi connectivity index (χ2n) is 4.17. The molecule has 0 radical (unpaired) electrons. The summed E-state index contributed by atoms with van der Waals surface area (Å²) in [5.74, 6) is 0.953. The van der Waals surface area contributed by atoms with Crippen LogP contribution in [0.25, 0.3) is 0 Å². The minimum atomic E-state index is 0.698. The third kappa shape index (κ3) is 6.12. The Morgan fingerprint density at radius 2 is 1.88 bits per heavy atom. The molecule has 0 amide bonds.